The minimum Gasteiger partial charge on any atom is -0.211 e. The van der Waals surface area contributed by atoms with Crippen molar-refractivity contribution in [1.82, 2.24) is 4.72 Å². The Labute approximate surface area is 148 Å². The van der Waals surface area contributed by atoms with Crippen LogP contribution in [-0.2, 0) is 10.0 Å². The molecule has 3 nitrogen and oxygen atoms in total. The Bertz CT molecular complexity index is 660. The van der Waals surface area contributed by atoms with Crippen LogP contribution < -0.4 is 4.72 Å². The molecule has 3 rings (SSSR count). The van der Waals surface area contributed by atoms with Crippen molar-refractivity contribution in [3.05, 3.63) is 28.2 Å². The second kappa shape index (κ2) is 6.85. The predicted molar refractivity (Wildman–Crippen MR) is 97.0 cm³/mol. The van der Waals surface area contributed by atoms with Crippen LogP contribution in [0.2, 0.25) is 0 Å². The van der Waals surface area contributed by atoms with E-state index in [9.17, 15) is 8.42 Å². The monoisotopic (exact) mass is 399 g/mol. The lowest BCUT2D eigenvalue weighted by Crippen LogP contribution is -2.29. The molecule has 0 heterocycles. The number of rotatable bonds is 5. The van der Waals surface area contributed by atoms with Crippen molar-refractivity contribution >= 4 is 26.0 Å². The zero-order valence-corrected chi connectivity index (χ0v) is 16.3. The maximum absolute atomic E-state index is 12.6. The highest BCUT2D eigenvalue weighted by atomic mass is 79.9. The molecule has 1 aromatic carbocycles. The summed E-state index contributed by atoms with van der Waals surface area (Å²) in [4.78, 5) is 0.377. The highest BCUT2D eigenvalue weighted by Crippen LogP contribution is 2.46. The summed E-state index contributed by atoms with van der Waals surface area (Å²) in [6, 6.07) is 5.31. The van der Waals surface area contributed by atoms with Crippen LogP contribution in [0, 0.1) is 17.8 Å². The minimum atomic E-state index is -3.42. The maximum atomic E-state index is 12.6. The van der Waals surface area contributed by atoms with E-state index >= 15 is 0 Å². The Morgan fingerprint density at radius 1 is 1.22 bits per heavy atom. The van der Waals surface area contributed by atoms with Crippen molar-refractivity contribution in [3.63, 3.8) is 0 Å². The first-order valence-corrected chi connectivity index (χ1v) is 10.9. The van der Waals surface area contributed by atoms with E-state index in [0.717, 1.165) is 21.9 Å². The highest BCUT2D eigenvalue weighted by Gasteiger charge is 2.37. The van der Waals surface area contributed by atoms with Crippen LogP contribution >= 0.6 is 15.9 Å². The van der Waals surface area contributed by atoms with E-state index < -0.39 is 10.0 Å². The molecule has 0 aromatic heterocycles. The standard InChI is InChI=1S/C18H26BrNO2S/c1-12(2)17-10-16(6-7-18(17)19)23(21,22)20-11-13-8-14-4-3-5-15(14)9-13/h6-7,10,12-15,20H,3-5,8-9,11H2,1-2H3. The summed E-state index contributed by atoms with van der Waals surface area (Å²) in [6.07, 6.45) is 6.46. The van der Waals surface area contributed by atoms with Crippen molar-refractivity contribution in [3.8, 4) is 0 Å². The fourth-order valence-corrected chi connectivity index (χ4v) is 6.15. The molecule has 1 N–H and O–H groups in total. The average molecular weight is 400 g/mol. The first kappa shape index (κ1) is 17.4. The number of hydrogen-bond acceptors (Lipinski definition) is 2. The van der Waals surface area contributed by atoms with Gasteiger partial charge < -0.3 is 0 Å². The Morgan fingerprint density at radius 2 is 1.87 bits per heavy atom. The molecule has 2 aliphatic carbocycles. The van der Waals surface area contributed by atoms with E-state index in [-0.39, 0.29) is 5.92 Å². The number of sulfonamides is 1. The van der Waals surface area contributed by atoms with Gasteiger partial charge in [0.1, 0.15) is 0 Å². The van der Waals surface area contributed by atoms with E-state index in [1.165, 1.54) is 32.1 Å². The zero-order chi connectivity index (χ0) is 16.6. The van der Waals surface area contributed by atoms with Crippen molar-refractivity contribution in [2.45, 2.75) is 56.8 Å². The minimum absolute atomic E-state index is 0.286. The number of nitrogens with one attached hydrogen (secondary N) is 1. The molecule has 5 heteroatoms. The lowest BCUT2D eigenvalue weighted by molar-refractivity contribution is 0.457. The second-order valence-corrected chi connectivity index (χ2v) is 10.1. The van der Waals surface area contributed by atoms with Crippen molar-refractivity contribution in [2.75, 3.05) is 6.54 Å². The van der Waals surface area contributed by atoms with Gasteiger partial charge in [0.25, 0.3) is 0 Å². The van der Waals surface area contributed by atoms with Crippen LogP contribution in [0.3, 0.4) is 0 Å². The molecule has 0 radical (unpaired) electrons. The van der Waals surface area contributed by atoms with Gasteiger partial charge in [-0.05, 0) is 60.3 Å². The molecule has 0 amide bonds. The fourth-order valence-electron chi connectivity index (χ4n) is 4.30. The van der Waals surface area contributed by atoms with Crippen LogP contribution in [0.15, 0.2) is 27.6 Å². The van der Waals surface area contributed by atoms with Crippen LogP contribution in [0.4, 0.5) is 0 Å². The van der Waals surface area contributed by atoms with E-state index in [1.54, 1.807) is 12.1 Å². The molecule has 2 fully saturated rings. The van der Waals surface area contributed by atoms with Crippen LogP contribution in [0.25, 0.3) is 0 Å². The average Bonchev–Trinajstić information content (AvgIpc) is 3.06. The maximum Gasteiger partial charge on any atom is 0.240 e. The molecule has 2 atom stereocenters. The summed E-state index contributed by atoms with van der Waals surface area (Å²) in [5.41, 5.74) is 1.03. The van der Waals surface area contributed by atoms with Crippen LogP contribution in [-0.4, -0.2) is 15.0 Å². The summed E-state index contributed by atoms with van der Waals surface area (Å²) in [5.74, 6) is 2.50. The van der Waals surface area contributed by atoms with Gasteiger partial charge in [0, 0.05) is 11.0 Å². The lowest BCUT2D eigenvalue weighted by Gasteiger charge is -2.15. The SMILES string of the molecule is CC(C)c1cc(S(=O)(=O)NCC2CC3CCCC3C2)ccc1Br. The lowest BCUT2D eigenvalue weighted by atomic mass is 10.0. The van der Waals surface area contributed by atoms with Gasteiger partial charge in [0.05, 0.1) is 4.90 Å². The molecule has 23 heavy (non-hydrogen) atoms. The third-order valence-corrected chi connectivity index (χ3v) is 7.69. The molecule has 0 aliphatic heterocycles. The van der Waals surface area contributed by atoms with E-state index in [4.69, 9.17) is 0 Å². The van der Waals surface area contributed by atoms with Gasteiger partial charge in [-0.1, -0.05) is 49.0 Å². The van der Waals surface area contributed by atoms with Gasteiger partial charge in [-0.2, -0.15) is 0 Å². The van der Waals surface area contributed by atoms with E-state index in [2.05, 4.69) is 34.5 Å². The Balaban J connectivity index is 1.66. The van der Waals surface area contributed by atoms with Gasteiger partial charge in [0.2, 0.25) is 10.0 Å². The highest BCUT2D eigenvalue weighted by molar-refractivity contribution is 9.10. The normalized spacial score (nSPS) is 27.6. The summed E-state index contributed by atoms with van der Waals surface area (Å²) in [7, 11) is -3.42. The summed E-state index contributed by atoms with van der Waals surface area (Å²) in [5, 5.41) is 0. The molecular weight excluding hydrogens is 374 g/mol. The topological polar surface area (TPSA) is 46.2 Å². The van der Waals surface area contributed by atoms with Crippen LogP contribution in [0.1, 0.15) is 57.4 Å². The smallest absolute Gasteiger partial charge is 0.211 e. The molecule has 2 saturated carbocycles. The molecule has 128 valence electrons. The molecule has 2 unspecified atom stereocenters. The summed E-state index contributed by atoms with van der Waals surface area (Å²) < 4.78 is 29.0. The quantitative estimate of drug-likeness (QED) is 0.780. The summed E-state index contributed by atoms with van der Waals surface area (Å²) >= 11 is 3.50. The first-order valence-electron chi connectivity index (χ1n) is 8.66. The van der Waals surface area contributed by atoms with Gasteiger partial charge in [0.15, 0.2) is 0 Å². The third-order valence-electron chi connectivity index (χ3n) is 5.55. The Morgan fingerprint density at radius 3 is 2.48 bits per heavy atom. The van der Waals surface area contributed by atoms with Crippen molar-refractivity contribution < 1.29 is 8.42 Å². The van der Waals surface area contributed by atoms with Crippen LogP contribution in [0.5, 0.6) is 0 Å². The Hall–Kier alpha value is -0.390. The predicted octanol–water partition coefficient (Wildman–Crippen LogP) is 4.68. The van der Waals surface area contributed by atoms with Gasteiger partial charge in [-0.3, -0.25) is 0 Å². The number of benzene rings is 1. The molecule has 0 bridgehead atoms. The van der Waals surface area contributed by atoms with Gasteiger partial charge >= 0.3 is 0 Å². The zero-order valence-electron chi connectivity index (χ0n) is 13.9. The molecule has 2 aliphatic rings. The molecule has 0 saturated heterocycles. The Kier molecular flexibility index (Phi) is 5.19. The summed E-state index contributed by atoms with van der Waals surface area (Å²) in [6.45, 7) is 4.73. The van der Waals surface area contributed by atoms with E-state index in [1.807, 2.05) is 6.07 Å². The molecular formula is C18H26BrNO2S. The largest absolute Gasteiger partial charge is 0.240 e. The third kappa shape index (κ3) is 3.83. The number of halogens is 1. The second-order valence-electron chi connectivity index (χ2n) is 7.48. The van der Waals surface area contributed by atoms with Gasteiger partial charge in [-0.25, -0.2) is 13.1 Å². The fraction of sp³-hybridized carbons (Fsp3) is 0.667. The van der Waals surface area contributed by atoms with Gasteiger partial charge in [-0.15, -0.1) is 0 Å². The van der Waals surface area contributed by atoms with E-state index in [0.29, 0.717) is 17.4 Å². The molecule has 1 aromatic rings. The first-order chi connectivity index (χ1) is 10.9. The molecule has 0 spiro atoms. The van der Waals surface area contributed by atoms with Crippen molar-refractivity contribution in [1.29, 1.82) is 0 Å². The van der Waals surface area contributed by atoms with Crippen molar-refractivity contribution in [2.24, 2.45) is 17.8 Å². The number of hydrogen-bond donors (Lipinski definition) is 1. The number of fused-ring (bicyclic) bond motifs is 1.